The molecule has 0 aliphatic carbocycles. The van der Waals surface area contributed by atoms with Crippen molar-refractivity contribution >= 4 is 0 Å². The van der Waals surface area contributed by atoms with Crippen LogP contribution in [0.15, 0.2) is 33.9 Å². The van der Waals surface area contributed by atoms with Crippen molar-refractivity contribution in [2.75, 3.05) is 0 Å². The van der Waals surface area contributed by atoms with E-state index < -0.39 is 22.9 Å². The number of ether oxygens (including phenoxy) is 1. The van der Waals surface area contributed by atoms with Crippen LogP contribution in [-0.2, 0) is 0 Å². The maximum atomic E-state index is 13.4. The third-order valence-electron chi connectivity index (χ3n) is 3.02. The number of nitrogens with one attached hydrogen (secondary N) is 1. The molecule has 0 aliphatic heterocycles. The van der Waals surface area contributed by atoms with Crippen molar-refractivity contribution in [2.24, 2.45) is 0 Å². The SMILES string of the molecule is CCC(C)Oc1cccc(-n2c(O)c(F)c(=O)[nH]c2=O)c1. The molecule has 112 valence electrons. The maximum Gasteiger partial charge on any atom is 0.335 e. The molecule has 0 radical (unpaired) electrons. The Bertz CT molecular complexity index is 766. The van der Waals surface area contributed by atoms with Crippen LogP contribution in [0.25, 0.3) is 5.69 Å². The minimum absolute atomic E-state index is 0.0297. The summed E-state index contributed by atoms with van der Waals surface area (Å²) in [5.74, 6) is -1.98. The van der Waals surface area contributed by atoms with Crippen LogP contribution in [-0.4, -0.2) is 20.8 Å². The van der Waals surface area contributed by atoms with Crippen molar-refractivity contribution in [3.8, 4) is 17.3 Å². The Morgan fingerprint density at radius 3 is 2.81 bits per heavy atom. The fraction of sp³-hybridized carbons (Fsp3) is 0.286. The van der Waals surface area contributed by atoms with Gasteiger partial charge in [0, 0.05) is 6.07 Å². The summed E-state index contributed by atoms with van der Waals surface area (Å²) in [5.41, 5.74) is -2.01. The first-order valence-corrected chi connectivity index (χ1v) is 6.45. The van der Waals surface area contributed by atoms with Crippen LogP contribution in [0.1, 0.15) is 20.3 Å². The number of halogens is 1. The lowest BCUT2D eigenvalue weighted by Crippen LogP contribution is -2.30. The third kappa shape index (κ3) is 2.96. The molecule has 7 heteroatoms. The van der Waals surface area contributed by atoms with E-state index in [0.29, 0.717) is 10.3 Å². The Labute approximate surface area is 119 Å². The molecule has 21 heavy (non-hydrogen) atoms. The van der Waals surface area contributed by atoms with Gasteiger partial charge in [-0.3, -0.25) is 9.78 Å². The van der Waals surface area contributed by atoms with Gasteiger partial charge in [-0.2, -0.15) is 4.39 Å². The van der Waals surface area contributed by atoms with E-state index in [0.717, 1.165) is 6.42 Å². The predicted molar refractivity (Wildman–Crippen MR) is 74.7 cm³/mol. The predicted octanol–water partition coefficient (Wildman–Crippen LogP) is 1.55. The van der Waals surface area contributed by atoms with Gasteiger partial charge in [-0.25, -0.2) is 9.36 Å². The van der Waals surface area contributed by atoms with Crippen LogP contribution in [0.2, 0.25) is 0 Å². The standard InChI is InChI=1S/C14H15FN2O4/c1-3-8(2)21-10-6-4-5-9(7-10)17-13(19)11(15)12(18)16-14(17)20/h4-8,19H,3H2,1-2H3,(H,16,18,20). The second-order valence-electron chi connectivity index (χ2n) is 4.57. The summed E-state index contributed by atoms with van der Waals surface area (Å²) in [6.45, 7) is 3.85. The molecule has 1 heterocycles. The van der Waals surface area contributed by atoms with Crippen LogP contribution >= 0.6 is 0 Å². The Morgan fingerprint density at radius 1 is 1.43 bits per heavy atom. The van der Waals surface area contributed by atoms with Gasteiger partial charge in [0.2, 0.25) is 11.7 Å². The van der Waals surface area contributed by atoms with Gasteiger partial charge in [0.1, 0.15) is 5.75 Å². The molecule has 0 aliphatic rings. The fourth-order valence-corrected chi connectivity index (χ4v) is 1.75. The van der Waals surface area contributed by atoms with Gasteiger partial charge >= 0.3 is 5.69 Å². The fourth-order valence-electron chi connectivity index (χ4n) is 1.75. The van der Waals surface area contributed by atoms with Crippen LogP contribution in [0, 0.1) is 5.82 Å². The van der Waals surface area contributed by atoms with Crippen molar-refractivity contribution in [3.63, 3.8) is 0 Å². The van der Waals surface area contributed by atoms with E-state index in [2.05, 4.69) is 0 Å². The van der Waals surface area contributed by atoms with Gasteiger partial charge in [0.05, 0.1) is 11.8 Å². The van der Waals surface area contributed by atoms with Crippen LogP contribution in [0.5, 0.6) is 11.6 Å². The van der Waals surface area contributed by atoms with Crippen molar-refractivity contribution in [1.29, 1.82) is 0 Å². The zero-order valence-electron chi connectivity index (χ0n) is 11.6. The number of aromatic nitrogens is 2. The number of hydrogen-bond acceptors (Lipinski definition) is 4. The van der Waals surface area contributed by atoms with Crippen LogP contribution in [0.4, 0.5) is 4.39 Å². The molecular formula is C14H15FN2O4. The topological polar surface area (TPSA) is 84.3 Å². The second-order valence-corrected chi connectivity index (χ2v) is 4.57. The number of hydrogen-bond donors (Lipinski definition) is 2. The lowest BCUT2D eigenvalue weighted by molar-refractivity contribution is 0.217. The Balaban J connectivity index is 2.53. The average Bonchev–Trinajstić information content (AvgIpc) is 2.45. The molecule has 0 fully saturated rings. The number of H-pyrrole nitrogens is 1. The highest BCUT2D eigenvalue weighted by atomic mass is 19.1. The van der Waals surface area contributed by atoms with E-state index in [4.69, 9.17) is 4.74 Å². The van der Waals surface area contributed by atoms with Gasteiger partial charge in [-0.05, 0) is 25.5 Å². The molecule has 0 bridgehead atoms. The van der Waals surface area contributed by atoms with Crippen LogP contribution in [0.3, 0.4) is 0 Å². The Kier molecular flexibility index (Phi) is 4.11. The number of rotatable bonds is 4. The maximum absolute atomic E-state index is 13.4. The molecule has 6 nitrogen and oxygen atoms in total. The summed E-state index contributed by atoms with van der Waals surface area (Å²) >= 11 is 0. The smallest absolute Gasteiger partial charge is 0.335 e. The first kappa shape index (κ1) is 14.8. The van der Waals surface area contributed by atoms with E-state index in [9.17, 15) is 19.1 Å². The molecular weight excluding hydrogens is 279 g/mol. The second kappa shape index (κ2) is 5.82. The largest absolute Gasteiger partial charge is 0.492 e. The highest BCUT2D eigenvalue weighted by Crippen LogP contribution is 2.21. The summed E-state index contributed by atoms with van der Waals surface area (Å²) < 4.78 is 19.7. The molecule has 1 atom stereocenters. The van der Waals surface area contributed by atoms with Gasteiger partial charge in [0.25, 0.3) is 5.56 Å². The molecule has 2 N–H and O–H groups in total. The van der Waals surface area contributed by atoms with Crippen LogP contribution < -0.4 is 16.0 Å². The van der Waals surface area contributed by atoms with Crippen molar-refractivity contribution in [1.82, 2.24) is 9.55 Å². The molecule has 0 saturated carbocycles. The van der Waals surface area contributed by atoms with Crippen molar-refractivity contribution in [2.45, 2.75) is 26.4 Å². The minimum atomic E-state index is -1.41. The lowest BCUT2D eigenvalue weighted by atomic mass is 10.2. The summed E-state index contributed by atoms with van der Waals surface area (Å²) in [7, 11) is 0. The average molecular weight is 294 g/mol. The summed E-state index contributed by atoms with van der Waals surface area (Å²) in [6, 6.07) is 6.25. The van der Waals surface area contributed by atoms with E-state index in [1.54, 1.807) is 17.1 Å². The molecule has 1 unspecified atom stereocenters. The number of nitrogens with zero attached hydrogens (tertiary/aromatic N) is 1. The molecule has 2 aromatic rings. The number of aromatic amines is 1. The summed E-state index contributed by atoms with van der Waals surface area (Å²) in [5, 5.41) is 9.66. The van der Waals surface area contributed by atoms with Gasteiger partial charge in [-0.15, -0.1) is 0 Å². The Morgan fingerprint density at radius 2 is 2.14 bits per heavy atom. The van der Waals surface area contributed by atoms with E-state index >= 15 is 0 Å². The highest BCUT2D eigenvalue weighted by molar-refractivity contribution is 5.41. The quantitative estimate of drug-likeness (QED) is 0.896. The molecule has 0 amide bonds. The Hall–Kier alpha value is -2.57. The van der Waals surface area contributed by atoms with Crippen molar-refractivity contribution in [3.05, 3.63) is 50.9 Å². The minimum Gasteiger partial charge on any atom is -0.492 e. The summed E-state index contributed by atoms with van der Waals surface area (Å²) in [6.07, 6.45) is 0.765. The normalized spacial score (nSPS) is 12.1. The highest BCUT2D eigenvalue weighted by Gasteiger charge is 2.15. The molecule has 2 rings (SSSR count). The van der Waals surface area contributed by atoms with E-state index in [1.165, 1.54) is 12.1 Å². The lowest BCUT2D eigenvalue weighted by Gasteiger charge is -2.14. The molecule has 0 saturated heterocycles. The number of aromatic hydroxyl groups is 1. The first-order valence-electron chi connectivity index (χ1n) is 6.45. The molecule has 1 aromatic carbocycles. The van der Waals surface area contributed by atoms with E-state index in [1.807, 2.05) is 13.8 Å². The van der Waals surface area contributed by atoms with Crippen molar-refractivity contribution < 1.29 is 14.2 Å². The zero-order valence-corrected chi connectivity index (χ0v) is 11.6. The summed E-state index contributed by atoms with van der Waals surface area (Å²) in [4.78, 5) is 24.6. The zero-order chi connectivity index (χ0) is 15.6. The monoisotopic (exact) mass is 294 g/mol. The van der Waals surface area contributed by atoms with Gasteiger partial charge < -0.3 is 9.84 Å². The van der Waals surface area contributed by atoms with E-state index in [-0.39, 0.29) is 11.8 Å². The van der Waals surface area contributed by atoms with Gasteiger partial charge in [0.15, 0.2) is 0 Å². The number of benzene rings is 1. The third-order valence-corrected chi connectivity index (χ3v) is 3.02. The van der Waals surface area contributed by atoms with Gasteiger partial charge in [-0.1, -0.05) is 13.0 Å². The molecule has 0 spiro atoms. The molecule has 1 aromatic heterocycles. The first-order chi connectivity index (χ1) is 9.93.